The van der Waals surface area contributed by atoms with Gasteiger partial charge < -0.3 is 11.5 Å². The van der Waals surface area contributed by atoms with Crippen LogP contribution in [0.15, 0.2) is 6.20 Å². The zero-order valence-electron chi connectivity index (χ0n) is 6.51. The Morgan fingerprint density at radius 2 is 2.00 bits per heavy atom. The van der Waals surface area contributed by atoms with Gasteiger partial charge in [0.25, 0.3) is 6.43 Å². The Balaban J connectivity index is 3.27. The molecule has 1 rings (SSSR count). The van der Waals surface area contributed by atoms with E-state index in [1.54, 1.807) is 6.92 Å². The minimum atomic E-state index is -2.60. The molecule has 0 aliphatic carbocycles. The first-order valence-electron chi connectivity index (χ1n) is 3.32. The van der Waals surface area contributed by atoms with Crippen molar-refractivity contribution in [3.05, 3.63) is 17.3 Å². The maximum Gasteiger partial charge on any atom is 0.267 e. The van der Waals surface area contributed by atoms with Gasteiger partial charge in [-0.25, -0.2) is 13.8 Å². The topological polar surface area (TPSA) is 64.9 Å². The van der Waals surface area contributed by atoms with Crippen LogP contribution in [0.25, 0.3) is 0 Å². The van der Waals surface area contributed by atoms with Crippen molar-refractivity contribution < 1.29 is 8.78 Å². The van der Waals surface area contributed by atoms with E-state index in [4.69, 9.17) is 11.5 Å². The molecule has 1 aromatic heterocycles. The van der Waals surface area contributed by atoms with Gasteiger partial charge >= 0.3 is 0 Å². The van der Waals surface area contributed by atoms with E-state index in [2.05, 4.69) is 4.98 Å². The zero-order valence-corrected chi connectivity index (χ0v) is 6.51. The number of pyridine rings is 1. The molecule has 0 amide bonds. The molecule has 0 aliphatic heterocycles. The fourth-order valence-corrected chi connectivity index (χ4v) is 0.834. The average molecular weight is 173 g/mol. The minimum absolute atomic E-state index is 0.0255. The van der Waals surface area contributed by atoms with Crippen LogP contribution < -0.4 is 11.5 Å². The summed E-state index contributed by atoms with van der Waals surface area (Å²) in [7, 11) is 0. The van der Waals surface area contributed by atoms with Gasteiger partial charge in [0.2, 0.25) is 0 Å². The monoisotopic (exact) mass is 173 g/mol. The van der Waals surface area contributed by atoms with Gasteiger partial charge in [0.1, 0.15) is 5.82 Å². The molecule has 0 unspecified atom stereocenters. The lowest BCUT2D eigenvalue weighted by Crippen LogP contribution is -2.03. The Labute approximate surface area is 68.4 Å². The summed E-state index contributed by atoms with van der Waals surface area (Å²) in [4.78, 5) is 3.58. The molecule has 0 spiro atoms. The molecule has 0 atom stereocenters. The zero-order chi connectivity index (χ0) is 9.30. The summed E-state index contributed by atoms with van der Waals surface area (Å²) < 4.78 is 24.4. The van der Waals surface area contributed by atoms with Crippen molar-refractivity contribution in [2.75, 3.05) is 11.5 Å². The molecular formula is C7H9F2N3. The maximum atomic E-state index is 12.2. The third-order valence-corrected chi connectivity index (χ3v) is 1.68. The molecule has 0 fully saturated rings. The van der Waals surface area contributed by atoms with Gasteiger partial charge in [-0.2, -0.15) is 0 Å². The molecule has 0 radical (unpaired) electrons. The van der Waals surface area contributed by atoms with Crippen LogP contribution in [0, 0.1) is 6.92 Å². The predicted octanol–water partition coefficient (Wildman–Crippen LogP) is 1.49. The first-order chi connectivity index (χ1) is 5.54. The maximum absolute atomic E-state index is 12.2. The van der Waals surface area contributed by atoms with Crippen LogP contribution in [0.1, 0.15) is 17.6 Å². The standard InChI is InChI=1S/C7H9F2N3/c1-3-5(10)4(6(8)9)2-12-7(3)11/h2,6H,1H3,(H4,10,11,12). The van der Waals surface area contributed by atoms with Crippen molar-refractivity contribution in [2.45, 2.75) is 13.3 Å². The van der Waals surface area contributed by atoms with E-state index in [1.165, 1.54) is 0 Å². The van der Waals surface area contributed by atoms with Gasteiger partial charge in [-0.15, -0.1) is 0 Å². The Morgan fingerprint density at radius 3 is 2.50 bits per heavy atom. The van der Waals surface area contributed by atoms with Crippen LogP contribution in [0.2, 0.25) is 0 Å². The molecule has 0 aliphatic rings. The predicted molar refractivity (Wildman–Crippen MR) is 42.8 cm³/mol. The van der Waals surface area contributed by atoms with Crippen LogP contribution in [0.3, 0.4) is 0 Å². The molecule has 5 heteroatoms. The quantitative estimate of drug-likeness (QED) is 0.676. The van der Waals surface area contributed by atoms with E-state index < -0.39 is 6.43 Å². The fraction of sp³-hybridized carbons (Fsp3) is 0.286. The third-order valence-electron chi connectivity index (χ3n) is 1.68. The highest BCUT2D eigenvalue weighted by atomic mass is 19.3. The van der Waals surface area contributed by atoms with E-state index in [9.17, 15) is 8.78 Å². The van der Waals surface area contributed by atoms with Crippen molar-refractivity contribution in [2.24, 2.45) is 0 Å². The average Bonchev–Trinajstić information content (AvgIpc) is 2.00. The van der Waals surface area contributed by atoms with Crippen LogP contribution in [-0.2, 0) is 0 Å². The number of hydrogen-bond acceptors (Lipinski definition) is 3. The number of aromatic nitrogens is 1. The highest BCUT2D eigenvalue weighted by molar-refractivity contribution is 5.60. The van der Waals surface area contributed by atoms with Gasteiger partial charge in [-0.05, 0) is 6.92 Å². The first-order valence-corrected chi connectivity index (χ1v) is 3.32. The van der Waals surface area contributed by atoms with Crippen molar-refractivity contribution in [3.63, 3.8) is 0 Å². The summed E-state index contributed by atoms with van der Waals surface area (Å²) in [5.41, 5.74) is 10.9. The highest BCUT2D eigenvalue weighted by Crippen LogP contribution is 2.28. The largest absolute Gasteiger partial charge is 0.398 e. The van der Waals surface area contributed by atoms with Crippen LogP contribution >= 0.6 is 0 Å². The van der Waals surface area contributed by atoms with Gasteiger partial charge in [0, 0.05) is 17.4 Å². The summed E-state index contributed by atoms with van der Waals surface area (Å²) in [5.74, 6) is 0.192. The van der Waals surface area contributed by atoms with Gasteiger partial charge in [0.05, 0.1) is 5.56 Å². The van der Waals surface area contributed by atoms with Crippen LogP contribution in [-0.4, -0.2) is 4.98 Å². The first kappa shape index (κ1) is 8.70. The number of nitrogens with two attached hydrogens (primary N) is 2. The molecule has 3 nitrogen and oxygen atoms in total. The van der Waals surface area contributed by atoms with E-state index in [-0.39, 0.29) is 17.1 Å². The summed E-state index contributed by atoms with van der Waals surface area (Å²) in [6.07, 6.45) is -1.60. The number of nitrogen functional groups attached to an aromatic ring is 2. The number of anilines is 2. The molecule has 1 heterocycles. The molecule has 66 valence electrons. The van der Waals surface area contributed by atoms with Crippen molar-refractivity contribution >= 4 is 11.5 Å². The fourth-order valence-electron chi connectivity index (χ4n) is 0.834. The summed E-state index contributed by atoms with van der Waals surface area (Å²) in [6.45, 7) is 1.56. The lowest BCUT2D eigenvalue weighted by molar-refractivity contribution is 0.152. The van der Waals surface area contributed by atoms with Crippen LogP contribution in [0.5, 0.6) is 0 Å². The van der Waals surface area contributed by atoms with Crippen LogP contribution in [0.4, 0.5) is 20.3 Å². The van der Waals surface area contributed by atoms with Crippen molar-refractivity contribution in [1.29, 1.82) is 0 Å². The lowest BCUT2D eigenvalue weighted by Gasteiger charge is -2.08. The molecule has 4 N–H and O–H groups in total. The number of alkyl halides is 2. The second kappa shape index (κ2) is 2.92. The van der Waals surface area contributed by atoms with Gasteiger partial charge in [0.15, 0.2) is 0 Å². The molecule has 0 aromatic carbocycles. The second-order valence-electron chi connectivity index (χ2n) is 2.44. The molecule has 12 heavy (non-hydrogen) atoms. The molecule has 0 saturated heterocycles. The molecule has 1 aromatic rings. The van der Waals surface area contributed by atoms with Gasteiger partial charge in [-0.1, -0.05) is 0 Å². The third kappa shape index (κ3) is 1.30. The Hall–Kier alpha value is -1.39. The Kier molecular flexibility index (Phi) is 2.12. The van der Waals surface area contributed by atoms with Gasteiger partial charge in [-0.3, -0.25) is 0 Å². The van der Waals surface area contributed by atoms with Crippen molar-refractivity contribution in [3.8, 4) is 0 Å². The molecular weight excluding hydrogens is 164 g/mol. The summed E-state index contributed by atoms with van der Waals surface area (Å²) >= 11 is 0. The van der Waals surface area contributed by atoms with E-state index in [1.807, 2.05) is 0 Å². The Morgan fingerprint density at radius 1 is 1.42 bits per heavy atom. The minimum Gasteiger partial charge on any atom is -0.398 e. The number of halogens is 2. The lowest BCUT2D eigenvalue weighted by atomic mass is 10.1. The van der Waals surface area contributed by atoms with Crippen molar-refractivity contribution in [1.82, 2.24) is 4.98 Å². The van der Waals surface area contributed by atoms with E-state index in [0.29, 0.717) is 5.56 Å². The number of rotatable bonds is 1. The van der Waals surface area contributed by atoms with E-state index >= 15 is 0 Å². The summed E-state index contributed by atoms with van der Waals surface area (Å²) in [5, 5.41) is 0. The SMILES string of the molecule is Cc1c(N)ncc(C(F)F)c1N. The Bertz CT molecular complexity index is 299. The highest BCUT2D eigenvalue weighted by Gasteiger charge is 2.14. The number of hydrogen-bond donors (Lipinski definition) is 2. The normalized spacial score (nSPS) is 10.7. The van der Waals surface area contributed by atoms with E-state index in [0.717, 1.165) is 6.20 Å². The molecule has 0 saturated carbocycles. The molecule has 0 bridgehead atoms. The summed E-state index contributed by atoms with van der Waals surface area (Å²) in [6, 6.07) is 0. The number of nitrogens with zero attached hydrogens (tertiary/aromatic N) is 1. The second-order valence-corrected chi connectivity index (χ2v) is 2.44. The smallest absolute Gasteiger partial charge is 0.267 e.